The summed E-state index contributed by atoms with van der Waals surface area (Å²) in [6, 6.07) is 18.4. The van der Waals surface area contributed by atoms with Gasteiger partial charge >= 0.3 is 111 Å². The SMILES string of the molecule is Brc1ccc([Se]C#Cc2ccccc2)cc1. The molecule has 0 aromatic heterocycles. The molecule has 0 aliphatic heterocycles. The van der Waals surface area contributed by atoms with E-state index in [1.54, 1.807) is 0 Å². The first-order valence-corrected chi connectivity index (χ1v) is 7.34. The van der Waals surface area contributed by atoms with Crippen molar-refractivity contribution in [2.45, 2.75) is 0 Å². The van der Waals surface area contributed by atoms with E-state index in [4.69, 9.17) is 0 Å². The Balaban J connectivity index is 2.03. The zero-order valence-electron chi connectivity index (χ0n) is 8.48. The predicted octanol–water partition coefficient (Wildman–Crippen LogP) is 2.79. The summed E-state index contributed by atoms with van der Waals surface area (Å²) in [5.41, 5.74) is 1.08. The zero-order valence-corrected chi connectivity index (χ0v) is 11.8. The molecule has 0 radical (unpaired) electrons. The van der Waals surface area contributed by atoms with Crippen LogP contribution >= 0.6 is 15.9 Å². The summed E-state index contributed by atoms with van der Waals surface area (Å²) in [6.45, 7) is 0. The third-order valence-electron chi connectivity index (χ3n) is 1.95. The van der Waals surface area contributed by atoms with E-state index in [-0.39, 0.29) is 15.0 Å². The Morgan fingerprint density at radius 1 is 0.875 bits per heavy atom. The summed E-state index contributed by atoms with van der Waals surface area (Å²) in [6.07, 6.45) is 0. The van der Waals surface area contributed by atoms with E-state index in [1.165, 1.54) is 4.46 Å². The van der Waals surface area contributed by atoms with Crippen LogP contribution in [0.4, 0.5) is 0 Å². The predicted molar refractivity (Wildman–Crippen MR) is 72.9 cm³/mol. The summed E-state index contributed by atoms with van der Waals surface area (Å²) < 4.78 is 2.42. The molecule has 0 aliphatic carbocycles. The average Bonchev–Trinajstić information content (AvgIpc) is 2.33. The van der Waals surface area contributed by atoms with Gasteiger partial charge in [-0.1, -0.05) is 0 Å². The fraction of sp³-hybridized carbons (Fsp3) is 0. The molecule has 0 saturated heterocycles. The van der Waals surface area contributed by atoms with E-state index < -0.39 is 0 Å². The summed E-state index contributed by atoms with van der Waals surface area (Å²) in [4.78, 5) is 3.23. The van der Waals surface area contributed by atoms with Crippen LogP contribution in [0.3, 0.4) is 0 Å². The Labute approximate surface area is 110 Å². The van der Waals surface area contributed by atoms with Crippen molar-refractivity contribution >= 4 is 35.3 Å². The molecule has 2 heteroatoms. The molecule has 0 bridgehead atoms. The van der Waals surface area contributed by atoms with Crippen molar-refractivity contribution in [2.75, 3.05) is 0 Å². The molecule has 0 heterocycles. The van der Waals surface area contributed by atoms with Gasteiger partial charge in [0.05, 0.1) is 0 Å². The van der Waals surface area contributed by atoms with Crippen LogP contribution in [0.2, 0.25) is 0 Å². The third-order valence-corrected chi connectivity index (χ3v) is 3.97. The van der Waals surface area contributed by atoms with Gasteiger partial charge in [-0.05, 0) is 0 Å². The fourth-order valence-electron chi connectivity index (χ4n) is 1.17. The number of rotatable bonds is 1. The fourth-order valence-corrected chi connectivity index (χ4v) is 2.60. The summed E-state index contributed by atoms with van der Waals surface area (Å²) in [5.74, 6) is 3.17. The van der Waals surface area contributed by atoms with Gasteiger partial charge in [0, 0.05) is 0 Å². The Morgan fingerprint density at radius 3 is 2.25 bits per heavy atom. The van der Waals surface area contributed by atoms with E-state index >= 15 is 0 Å². The maximum atomic E-state index is 3.42. The van der Waals surface area contributed by atoms with Crippen LogP contribution in [0.1, 0.15) is 5.56 Å². The molecule has 0 amide bonds. The van der Waals surface area contributed by atoms with Gasteiger partial charge in [-0.3, -0.25) is 0 Å². The van der Waals surface area contributed by atoms with Crippen LogP contribution < -0.4 is 4.46 Å². The molecule has 0 atom stereocenters. The molecular formula is C14H9BrSe. The minimum atomic E-state index is 0.233. The second-order valence-corrected chi connectivity index (χ2v) is 5.91. The van der Waals surface area contributed by atoms with Crippen LogP contribution in [0.5, 0.6) is 0 Å². The van der Waals surface area contributed by atoms with Crippen molar-refractivity contribution in [3.8, 4) is 10.7 Å². The topological polar surface area (TPSA) is 0 Å². The van der Waals surface area contributed by atoms with Gasteiger partial charge in [-0.25, -0.2) is 0 Å². The maximum absolute atomic E-state index is 3.42. The van der Waals surface area contributed by atoms with Gasteiger partial charge in [0.15, 0.2) is 0 Å². The van der Waals surface area contributed by atoms with Crippen LogP contribution in [-0.4, -0.2) is 15.0 Å². The monoisotopic (exact) mass is 336 g/mol. The molecule has 0 unspecified atom stereocenters. The average molecular weight is 336 g/mol. The van der Waals surface area contributed by atoms with E-state index in [2.05, 4.69) is 50.9 Å². The third kappa shape index (κ3) is 3.54. The van der Waals surface area contributed by atoms with E-state index in [0.29, 0.717) is 0 Å². The van der Waals surface area contributed by atoms with Gasteiger partial charge < -0.3 is 0 Å². The molecule has 0 N–H and O–H groups in total. The minimum absolute atomic E-state index is 0.233. The molecule has 78 valence electrons. The molecule has 2 aromatic carbocycles. The van der Waals surface area contributed by atoms with Gasteiger partial charge in [0.25, 0.3) is 0 Å². The Morgan fingerprint density at radius 2 is 1.56 bits per heavy atom. The van der Waals surface area contributed by atoms with E-state index in [0.717, 1.165) is 10.0 Å². The first-order valence-electron chi connectivity index (χ1n) is 4.83. The Hall–Kier alpha value is -1.00. The van der Waals surface area contributed by atoms with Crippen LogP contribution in [0, 0.1) is 10.7 Å². The van der Waals surface area contributed by atoms with Gasteiger partial charge in [0.1, 0.15) is 0 Å². The first-order chi connectivity index (χ1) is 7.84. The first kappa shape index (κ1) is 11.5. The van der Waals surface area contributed by atoms with Gasteiger partial charge in [-0.15, -0.1) is 0 Å². The quantitative estimate of drug-likeness (QED) is 0.555. The summed E-state index contributed by atoms with van der Waals surface area (Å²) in [7, 11) is 0. The van der Waals surface area contributed by atoms with Crippen LogP contribution in [0.25, 0.3) is 0 Å². The van der Waals surface area contributed by atoms with Crippen LogP contribution in [0.15, 0.2) is 59.1 Å². The molecule has 0 saturated carbocycles. The second-order valence-electron chi connectivity index (χ2n) is 3.15. The molecule has 16 heavy (non-hydrogen) atoms. The Kier molecular flexibility index (Phi) is 4.25. The van der Waals surface area contributed by atoms with Crippen molar-refractivity contribution in [2.24, 2.45) is 0 Å². The van der Waals surface area contributed by atoms with Crippen molar-refractivity contribution in [3.63, 3.8) is 0 Å². The van der Waals surface area contributed by atoms with Crippen molar-refractivity contribution in [1.29, 1.82) is 0 Å². The van der Waals surface area contributed by atoms with Crippen LogP contribution in [-0.2, 0) is 0 Å². The number of halogens is 1. The van der Waals surface area contributed by atoms with E-state index in [9.17, 15) is 0 Å². The van der Waals surface area contributed by atoms with Crippen molar-refractivity contribution in [1.82, 2.24) is 0 Å². The van der Waals surface area contributed by atoms with Crippen molar-refractivity contribution < 1.29 is 0 Å². The number of hydrogen-bond acceptors (Lipinski definition) is 0. The number of benzene rings is 2. The zero-order chi connectivity index (χ0) is 11.2. The van der Waals surface area contributed by atoms with Crippen molar-refractivity contribution in [3.05, 3.63) is 64.6 Å². The van der Waals surface area contributed by atoms with Gasteiger partial charge in [-0.2, -0.15) is 0 Å². The summed E-state index contributed by atoms with van der Waals surface area (Å²) >= 11 is 3.65. The summed E-state index contributed by atoms with van der Waals surface area (Å²) in [5, 5.41) is 0. The molecule has 2 rings (SSSR count). The Bertz CT molecular complexity index is 506. The second kappa shape index (κ2) is 5.91. The molecular weight excluding hydrogens is 327 g/mol. The standard InChI is InChI=1S/C14H9BrSe/c15-13-6-8-14(9-7-13)16-11-10-12-4-2-1-3-5-12/h1-9H. The molecule has 0 nitrogen and oxygen atoms in total. The molecule has 0 fully saturated rings. The molecule has 2 aromatic rings. The van der Waals surface area contributed by atoms with Gasteiger partial charge in [0.2, 0.25) is 0 Å². The molecule has 0 aliphatic rings. The van der Waals surface area contributed by atoms with E-state index in [1.807, 2.05) is 30.3 Å². The number of hydrogen-bond donors (Lipinski definition) is 0. The normalized spacial score (nSPS) is 9.31. The molecule has 0 spiro atoms.